The van der Waals surface area contributed by atoms with E-state index in [-0.39, 0.29) is 30.0 Å². The van der Waals surface area contributed by atoms with Crippen molar-refractivity contribution in [3.8, 4) is 12.3 Å². The predicted molar refractivity (Wildman–Crippen MR) is 82.6 cm³/mol. The summed E-state index contributed by atoms with van der Waals surface area (Å²) in [4.78, 5) is 13.9. The number of hydrogen-bond acceptors (Lipinski definition) is 3. The van der Waals surface area contributed by atoms with Crippen molar-refractivity contribution in [2.45, 2.75) is 17.8 Å². The molecule has 0 aromatic heterocycles. The van der Waals surface area contributed by atoms with E-state index in [2.05, 4.69) is 5.92 Å². The van der Waals surface area contributed by atoms with Gasteiger partial charge in [0.25, 0.3) is 0 Å². The largest absolute Gasteiger partial charge is 0.326 e. The molecule has 2 atom stereocenters. The van der Waals surface area contributed by atoms with E-state index in [0.29, 0.717) is 12.0 Å². The fourth-order valence-corrected chi connectivity index (χ4v) is 4.42. The number of carbonyl (C=O) groups is 1. The number of halogens is 1. The molecule has 112 valence electrons. The van der Waals surface area contributed by atoms with Gasteiger partial charge in [-0.2, -0.15) is 0 Å². The fourth-order valence-electron chi connectivity index (χ4n) is 2.42. The van der Waals surface area contributed by atoms with Gasteiger partial charge in [0, 0.05) is 6.04 Å². The van der Waals surface area contributed by atoms with Gasteiger partial charge in [0.1, 0.15) is 5.38 Å². The van der Waals surface area contributed by atoms with E-state index < -0.39 is 15.2 Å². The Morgan fingerprint density at radius 3 is 2.62 bits per heavy atom. The van der Waals surface area contributed by atoms with Crippen molar-refractivity contribution in [2.24, 2.45) is 0 Å². The van der Waals surface area contributed by atoms with E-state index in [1.54, 1.807) is 24.3 Å². The maximum atomic E-state index is 12.5. The zero-order valence-corrected chi connectivity index (χ0v) is 13.0. The first-order valence-electron chi connectivity index (χ1n) is 6.58. The Balaban J connectivity index is 2.19. The summed E-state index contributed by atoms with van der Waals surface area (Å²) in [5.41, 5.74) is 0.673. The third-order valence-electron chi connectivity index (χ3n) is 3.50. The van der Waals surface area contributed by atoms with E-state index in [1.807, 2.05) is 6.07 Å². The van der Waals surface area contributed by atoms with E-state index in [4.69, 9.17) is 18.0 Å². The molecule has 0 N–H and O–H groups in total. The van der Waals surface area contributed by atoms with Crippen LogP contribution < -0.4 is 0 Å². The first kappa shape index (κ1) is 15.9. The highest BCUT2D eigenvalue weighted by Crippen LogP contribution is 2.26. The summed E-state index contributed by atoms with van der Waals surface area (Å²) in [6.07, 6.45) is 5.72. The van der Waals surface area contributed by atoms with Gasteiger partial charge in [0.05, 0.1) is 18.1 Å². The molecular weight excluding hydrogens is 310 g/mol. The van der Waals surface area contributed by atoms with Crippen LogP contribution in [0.4, 0.5) is 0 Å². The lowest BCUT2D eigenvalue weighted by molar-refractivity contribution is -0.132. The normalized spacial score (nSPS) is 21.4. The van der Waals surface area contributed by atoms with E-state index in [1.165, 1.54) is 4.90 Å². The standard InChI is InChI=1S/C15H16ClNO3S/c1-2-9-17(13-8-10-21(19,20)11-13)15(18)14(16)12-6-4-3-5-7-12/h1,3-7,13-14H,8-11H2. The monoisotopic (exact) mass is 325 g/mol. The van der Waals surface area contributed by atoms with Crippen molar-refractivity contribution in [3.05, 3.63) is 35.9 Å². The lowest BCUT2D eigenvalue weighted by Crippen LogP contribution is -2.43. The van der Waals surface area contributed by atoms with Crippen molar-refractivity contribution in [1.29, 1.82) is 0 Å². The molecule has 0 spiro atoms. The van der Waals surface area contributed by atoms with E-state index in [9.17, 15) is 13.2 Å². The molecule has 2 rings (SSSR count). The van der Waals surface area contributed by atoms with E-state index in [0.717, 1.165) is 0 Å². The highest BCUT2D eigenvalue weighted by molar-refractivity contribution is 7.91. The smallest absolute Gasteiger partial charge is 0.246 e. The molecule has 1 aromatic rings. The number of amides is 1. The second-order valence-corrected chi connectivity index (χ2v) is 7.67. The van der Waals surface area contributed by atoms with Crippen LogP contribution in [-0.4, -0.2) is 43.3 Å². The predicted octanol–water partition coefficient (Wildman–Crippen LogP) is 1.62. The van der Waals surface area contributed by atoms with Crippen molar-refractivity contribution >= 4 is 27.3 Å². The van der Waals surface area contributed by atoms with Gasteiger partial charge in [-0.05, 0) is 12.0 Å². The highest BCUT2D eigenvalue weighted by Gasteiger charge is 2.36. The molecule has 1 aliphatic rings. The van der Waals surface area contributed by atoms with E-state index >= 15 is 0 Å². The minimum atomic E-state index is -3.09. The number of terminal acetylenes is 1. The van der Waals surface area contributed by atoms with Crippen LogP contribution in [0.25, 0.3) is 0 Å². The van der Waals surface area contributed by atoms with Crippen LogP contribution in [0.1, 0.15) is 17.4 Å². The minimum absolute atomic E-state index is 0.0428. The van der Waals surface area contributed by atoms with Gasteiger partial charge in [0.2, 0.25) is 5.91 Å². The summed E-state index contributed by atoms with van der Waals surface area (Å²) in [6, 6.07) is 8.56. The molecule has 1 heterocycles. The molecule has 2 unspecified atom stereocenters. The van der Waals surface area contributed by atoms with Crippen LogP contribution in [0.15, 0.2) is 30.3 Å². The number of nitrogens with zero attached hydrogens (tertiary/aromatic N) is 1. The van der Waals surface area contributed by atoms with Gasteiger partial charge in [0.15, 0.2) is 9.84 Å². The summed E-state index contributed by atoms with van der Waals surface area (Å²) >= 11 is 6.23. The molecule has 0 saturated carbocycles. The Labute approximate surface area is 130 Å². The van der Waals surface area contributed by atoms with Crippen LogP contribution in [-0.2, 0) is 14.6 Å². The quantitative estimate of drug-likeness (QED) is 0.624. The first-order chi connectivity index (χ1) is 9.94. The number of rotatable bonds is 4. The number of alkyl halides is 1. The number of benzene rings is 1. The number of sulfone groups is 1. The molecule has 4 nitrogen and oxygen atoms in total. The number of carbonyl (C=O) groups excluding carboxylic acids is 1. The Morgan fingerprint density at radius 1 is 1.43 bits per heavy atom. The molecule has 1 amide bonds. The molecular formula is C15H16ClNO3S. The van der Waals surface area contributed by atoms with Gasteiger partial charge >= 0.3 is 0 Å². The molecule has 0 radical (unpaired) electrons. The molecule has 1 aliphatic heterocycles. The SMILES string of the molecule is C#CCN(C(=O)C(Cl)c1ccccc1)C1CCS(=O)(=O)C1. The molecule has 6 heteroatoms. The summed E-state index contributed by atoms with van der Waals surface area (Å²) in [7, 11) is -3.09. The topological polar surface area (TPSA) is 54.5 Å². The Morgan fingerprint density at radius 2 is 2.10 bits per heavy atom. The zero-order valence-electron chi connectivity index (χ0n) is 11.4. The third kappa shape index (κ3) is 3.78. The minimum Gasteiger partial charge on any atom is -0.326 e. The lowest BCUT2D eigenvalue weighted by atomic mass is 10.1. The first-order valence-corrected chi connectivity index (χ1v) is 8.84. The third-order valence-corrected chi connectivity index (χ3v) is 5.69. The van der Waals surface area contributed by atoms with Crippen LogP contribution in [0.2, 0.25) is 0 Å². The molecule has 1 saturated heterocycles. The lowest BCUT2D eigenvalue weighted by Gasteiger charge is -2.28. The second kappa shape index (κ2) is 6.50. The highest BCUT2D eigenvalue weighted by atomic mass is 35.5. The van der Waals surface area contributed by atoms with Gasteiger partial charge in [-0.1, -0.05) is 36.3 Å². The van der Waals surface area contributed by atoms with Crippen LogP contribution >= 0.6 is 11.6 Å². The Hall–Kier alpha value is -1.51. The number of hydrogen-bond donors (Lipinski definition) is 0. The molecule has 21 heavy (non-hydrogen) atoms. The maximum absolute atomic E-state index is 12.5. The van der Waals surface area contributed by atoms with Gasteiger partial charge in [-0.25, -0.2) is 8.42 Å². The van der Waals surface area contributed by atoms with Gasteiger partial charge in [-0.15, -0.1) is 18.0 Å². The van der Waals surface area contributed by atoms with Crippen molar-refractivity contribution in [2.75, 3.05) is 18.1 Å². The molecule has 1 fully saturated rings. The Bertz CT molecular complexity index is 651. The molecule has 0 bridgehead atoms. The van der Waals surface area contributed by atoms with Gasteiger partial charge in [-0.3, -0.25) is 4.79 Å². The molecule has 1 aromatic carbocycles. The summed E-state index contributed by atoms with van der Waals surface area (Å²) in [6.45, 7) is 0.0646. The summed E-state index contributed by atoms with van der Waals surface area (Å²) < 4.78 is 23.2. The fraction of sp³-hybridized carbons (Fsp3) is 0.400. The Kier molecular flexibility index (Phi) is 4.92. The molecule has 0 aliphatic carbocycles. The van der Waals surface area contributed by atoms with Gasteiger partial charge < -0.3 is 4.90 Å². The van der Waals surface area contributed by atoms with Crippen LogP contribution in [0.5, 0.6) is 0 Å². The summed E-state index contributed by atoms with van der Waals surface area (Å²) in [5.74, 6) is 2.11. The van der Waals surface area contributed by atoms with Crippen molar-refractivity contribution < 1.29 is 13.2 Å². The average Bonchev–Trinajstić information content (AvgIpc) is 2.84. The van der Waals surface area contributed by atoms with Crippen LogP contribution in [0.3, 0.4) is 0 Å². The maximum Gasteiger partial charge on any atom is 0.246 e. The van der Waals surface area contributed by atoms with Crippen LogP contribution in [0, 0.1) is 12.3 Å². The zero-order chi connectivity index (χ0) is 15.5. The summed E-state index contributed by atoms with van der Waals surface area (Å²) in [5, 5.41) is -0.858. The second-order valence-electron chi connectivity index (χ2n) is 5.00. The average molecular weight is 326 g/mol. The van der Waals surface area contributed by atoms with Crippen molar-refractivity contribution in [3.63, 3.8) is 0 Å². The van der Waals surface area contributed by atoms with Crippen molar-refractivity contribution in [1.82, 2.24) is 4.90 Å².